The standard InChI is InChI=1S/C22H38O/c1-16-7-5-9-20(13-16)18(3)11-12-22(15-23)19(4)21-10-6-8-17(2)14-21/h13-14,17-20,22-23H,5-12,15H2,1-4H3/t17-,18?,19?,20-,22?/m1/s1. The van der Waals surface area contributed by atoms with Crippen molar-refractivity contribution in [3.63, 3.8) is 0 Å². The summed E-state index contributed by atoms with van der Waals surface area (Å²) in [6.07, 6.45) is 15.4. The molecule has 2 aliphatic carbocycles. The van der Waals surface area contributed by atoms with Gasteiger partial charge in [0.2, 0.25) is 0 Å². The number of hydrogen-bond acceptors (Lipinski definition) is 1. The molecule has 1 N–H and O–H groups in total. The highest BCUT2D eigenvalue weighted by molar-refractivity contribution is 5.12. The van der Waals surface area contributed by atoms with E-state index in [4.69, 9.17) is 0 Å². The fourth-order valence-corrected chi connectivity index (χ4v) is 4.63. The van der Waals surface area contributed by atoms with Crippen molar-refractivity contribution in [3.8, 4) is 0 Å². The Kier molecular flexibility index (Phi) is 7.40. The normalized spacial score (nSPS) is 29.4. The lowest BCUT2D eigenvalue weighted by Gasteiger charge is -2.31. The molecule has 0 radical (unpaired) electrons. The van der Waals surface area contributed by atoms with Crippen LogP contribution >= 0.6 is 0 Å². The van der Waals surface area contributed by atoms with Gasteiger partial charge in [0.15, 0.2) is 0 Å². The van der Waals surface area contributed by atoms with Crippen LogP contribution in [0.3, 0.4) is 0 Å². The molecule has 0 aromatic heterocycles. The minimum absolute atomic E-state index is 0.346. The minimum Gasteiger partial charge on any atom is -0.396 e. The van der Waals surface area contributed by atoms with E-state index in [2.05, 4.69) is 39.8 Å². The first-order chi connectivity index (χ1) is 11.0. The van der Waals surface area contributed by atoms with E-state index in [1.807, 2.05) is 0 Å². The van der Waals surface area contributed by atoms with E-state index < -0.39 is 0 Å². The SMILES string of the molecule is CC1=C[C@H](C(C)CCC(CO)C(C)C2=C[C@H](C)CCC2)CCC1. The zero-order valence-electron chi connectivity index (χ0n) is 15.9. The average Bonchev–Trinajstić information content (AvgIpc) is 2.55. The fourth-order valence-electron chi connectivity index (χ4n) is 4.63. The highest BCUT2D eigenvalue weighted by Crippen LogP contribution is 2.36. The highest BCUT2D eigenvalue weighted by atomic mass is 16.3. The van der Waals surface area contributed by atoms with Crippen molar-refractivity contribution in [2.75, 3.05) is 6.61 Å². The van der Waals surface area contributed by atoms with Crippen LogP contribution in [0.4, 0.5) is 0 Å². The summed E-state index contributed by atoms with van der Waals surface area (Å²) < 4.78 is 0. The van der Waals surface area contributed by atoms with E-state index >= 15 is 0 Å². The van der Waals surface area contributed by atoms with Gasteiger partial charge in [0.25, 0.3) is 0 Å². The molecular weight excluding hydrogens is 280 g/mol. The first kappa shape index (κ1) is 18.8. The molecule has 0 fully saturated rings. The Morgan fingerprint density at radius 1 is 1.09 bits per heavy atom. The van der Waals surface area contributed by atoms with Crippen LogP contribution in [0.5, 0.6) is 0 Å². The Morgan fingerprint density at radius 2 is 1.83 bits per heavy atom. The molecule has 0 heterocycles. The summed E-state index contributed by atoms with van der Waals surface area (Å²) in [4.78, 5) is 0. The van der Waals surface area contributed by atoms with Crippen molar-refractivity contribution in [2.24, 2.45) is 29.6 Å². The molecule has 23 heavy (non-hydrogen) atoms. The van der Waals surface area contributed by atoms with Crippen LogP contribution in [-0.2, 0) is 0 Å². The lowest BCUT2D eigenvalue weighted by atomic mass is 9.75. The molecule has 1 nitrogen and oxygen atoms in total. The molecule has 0 bridgehead atoms. The highest BCUT2D eigenvalue weighted by Gasteiger charge is 2.25. The fraction of sp³-hybridized carbons (Fsp3) is 0.818. The molecular formula is C22H38O. The molecule has 0 aromatic rings. The van der Waals surface area contributed by atoms with Crippen LogP contribution in [-0.4, -0.2) is 11.7 Å². The molecule has 132 valence electrons. The maximum atomic E-state index is 9.92. The molecule has 0 amide bonds. The van der Waals surface area contributed by atoms with Gasteiger partial charge in [-0.15, -0.1) is 0 Å². The summed E-state index contributed by atoms with van der Waals surface area (Å²) in [5, 5.41) is 9.92. The van der Waals surface area contributed by atoms with Crippen LogP contribution in [0.15, 0.2) is 23.3 Å². The molecule has 0 aromatic carbocycles. The van der Waals surface area contributed by atoms with Crippen molar-refractivity contribution >= 4 is 0 Å². The first-order valence-corrected chi connectivity index (χ1v) is 10.00. The Bertz CT molecular complexity index is 420. The smallest absolute Gasteiger partial charge is 0.0464 e. The Hall–Kier alpha value is -0.560. The second kappa shape index (κ2) is 9.06. The molecule has 2 rings (SSSR count). The van der Waals surface area contributed by atoms with Gasteiger partial charge in [-0.05, 0) is 87.9 Å². The molecule has 1 heteroatoms. The van der Waals surface area contributed by atoms with Crippen molar-refractivity contribution < 1.29 is 5.11 Å². The van der Waals surface area contributed by atoms with Crippen LogP contribution < -0.4 is 0 Å². The second-order valence-corrected chi connectivity index (χ2v) is 8.47. The molecule has 2 aliphatic rings. The lowest BCUT2D eigenvalue weighted by molar-refractivity contribution is 0.172. The third-order valence-electron chi connectivity index (χ3n) is 6.48. The Labute approximate surface area is 144 Å². The third kappa shape index (κ3) is 5.48. The predicted octanol–water partition coefficient (Wildman–Crippen LogP) is 6.14. The van der Waals surface area contributed by atoms with Crippen molar-refractivity contribution in [3.05, 3.63) is 23.3 Å². The number of aliphatic hydroxyl groups excluding tert-OH is 1. The number of rotatable bonds is 7. The number of hydrogen-bond donors (Lipinski definition) is 1. The van der Waals surface area contributed by atoms with Crippen molar-refractivity contribution in [2.45, 2.75) is 79.1 Å². The monoisotopic (exact) mass is 318 g/mol. The number of allylic oxidation sites excluding steroid dienone is 4. The van der Waals surface area contributed by atoms with Gasteiger partial charge in [0.1, 0.15) is 0 Å². The summed E-state index contributed by atoms with van der Waals surface area (Å²) in [6, 6.07) is 0. The predicted molar refractivity (Wildman–Crippen MR) is 100 cm³/mol. The largest absolute Gasteiger partial charge is 0.396 e. The molecule has 0 saturated carbocycles. The van der Waals surface area contributed by atoms with E-state index in [1.54, 1.807) is 11.1 Å². The summed E-state index contributed by atoms with van der Waals surface area (Å²) in [5.74, 6) is 3.26. The van der Waals surface area contributed by atoms with Gasteiger partial charge >= 0.3 is 0 Å². The molecule has 3 unspecified atom stereocenters. The number of aliphatic hydroxyl groups is 1. The molecule has 0 saturated heterocycles. The summed E-state index contributed by atoms with van der Waals surface area (Å²) >= 11 is 0. The van der Waals surface area contributed by atoms with Gasteiger partial charge in [-0.25, -0.2) is 0 Å². The summed E-state index contributed by atoms with van der Waals surface area (Å²) in [6.45, 7) is 9.73. The van der Waals surface area contributed by atoms with Crippen molar-refractivity contribution in [1.29, 1.82) is 0 Å². The van der Waals surface area contributed by atoms with E-state index in [0.717, 1.165) is 17.8 Å². The molecule has 0 aliphatic heterocycles. The quantitative estimate of drug-likeness (QED) is 0.559. The zero-order chi connectivity index (χ0) is 16.8. The van der Waals surface area contributed by atoms with E-state index in [-0.39, 0.29) is 0 Å². The Morgan fingerprint density at radius 3 is 2.48 bits per heavy atom. The minimum atomic E-state index is 0.346. The lowest BCUT2D eigenvalue weighted by Crippen LogP contribution is -2.22. The summed E-state index contributed by atoms with van der Waals surface area (Å²) in [7, 11) is 0. The van der Waals surface area contributed by atoms with Gasteiger partial charge in [0.05, 0.1) is 0 Å². The maximum absolute atomic E-state index is 9.92. The van der Waals surface area contributed by atoms with E-state index in [0.29, 0.717) is 18.4 Å². The summed E-state index contributed by atoms with van der Waals surface area (Å²) in [5.41, 5.74) is 3.20. The van der Waals surface area contributed by atoms with Crippen LogP contribution in [0.2, 0.25) is 0 Å². The zero-order valence-corrected chi connectivity index (χ0v) is 15.9. The topological polar surface area (TPSA) is 20.2 Å². The van der Waals surface area contributed by atoms with Crippen LogP contribution in [0.1, 0.15) is 79.1 Å². The third-order valence-corrected chi connectivity index (χ3v) is 6.48. The van der Waals surface area contributed by atoms with Crippen molar-refractivity contribution in [1.82, 2.24) is 0 Å². The Balaban J connectivity index is 1.87. The van der Waals surface area contributed by atoms with Crippen LogP contribution in [0.25, 0.3) is 0 Å². The molecule has 5 atom stereocenters. The van der Waals surface area contributed by atoms with Gasteiger partial charge < -0.3 is 5.11 Å². The first-order valence-electron chi connectivity index (χ1n) is 10.00. The van der Waals surface area contributed by atoms with Gasteiger partial charge in [0, 0.05) is 6.61 Å². The second-order valence-electron chi connectivity index (χ2n) is 8.47. The van der Waals surface area contributed by atoms with Gasteiger partial charge in [-0.1, -0.05) is 44.1 Å². The van der Waals surface area contributed by atoms with E-state index in [9.17, 15) is 5.11 Å². The van der Waals surface area contributed by atoms with Gasteiger partial charge in [-0.3, -0.25) is 0 Å². The maximum Gasteiger partial charge on any atom is 0.0464 e. The molecule has 0 spiro atoms. The average molecular weight is 319 g/mol. The van der Waals surface area contributed by atoms with Crippen LogP contribution in [0, 0.1) is 29.6 Å². The van der Waals surface area contributed by atoms with Gasteiger partial charge in [-0.2, -0.15) is 0 Å². The van der Waals surface area contributed by atoms with E-state index in [1.165, 1.54) is 51.4 Å².